The van der Waals surface area contributed by atoms with Gasteiger partial charge in [-0.1, -0.05) is 30.3 Å². The van der Waals surface area contributed by atoms with Crippen LogP contribution in [0.3, 0.4) is 0 Å². The minimum atomic E-state index is 0.277. The molecule has 0 bridgehead atoms. The molecule has 2 unspecified atom stereocenters. The summed E-state index contributed by atoms with van der Waals surface area (Å²) in [4.78, 5) is 12.5. The molecule has 3 saturated heterocycles. The Hall–Kier alpha value is -1.63. The van der Waals surface area contributed by atoms with E-state index < -0.39 is 0 Å². The van der Waals surface area contributed by atoms with Crippen molar-refractivity contribution in [2.24, 2.45) is 10.9 Å². The second kappa shape index (κ2) is 9.92. The Morgan fingerprint density at radius 2 is 1.93 bits per heavy atom. The highest BCUT2D eigenvalue weighted by molar-refractivity contribution is 5.80. The van der Waals surface area contributed by atoms with Crippen LogP contribution in [-0.4, -0.2) is 92.3 Å². The van der Waals surface area contributed by atoms with E-state index in [2.05, 4.69) is 64.3 Å². The van der Waals surface area contributed by atoms with Gasteiger partial charge in [0.25, 0.3) is 0 Å². The van der Waals surface area contributed by atoms with Crippen molar-refractivity contribution in [1.82, 2.24) is 20.0 Å². The molecule has 29 heavy (non-hydrogen) atoms. The number of likely N-dealkylation sites (tertiary alicyclic amines) is 2. The largest absolute Gasteiger partial charge is 0.373 e. The fourth-order valence-corrected chi connectivity index (χ4v) is 4.83. The predicted octanol–water partition coefficient (Wildman–Crippen LogP) is 1.88. The number of guanidine groups is 1. The van der Waals surface area contributed by atoms with Gasteiger partial charge >= 0.3 is 0 Å². The SMILES string of the molecule is CCNC(=NCC1CCN(C)CC1)N1CC2OCCN(Cc3ccccc3)C2C1. The van der Waals surface area contributed by atoms with Crippen molar-refractivity contribution in [1.29, 1.82) is 0 Å². The zero-order valence-corrected chi connectivity index (χ0v) is 18.1. The molecule has 6 nitrogen and oxygen atoms in total. The first-order chi connectivity index (χ1) is 14.2. The van der Waals surface area contributed by atoms with E-state index in [4.69, 9.17) is 9.73 Å². The molecule has 0 spiro atoms. The first-order valence-electron chi connectivity index (χ1n) is 11.3. The molecule has 3 aliphatic rings. The van der Waals surface area contributed by atoms with E-state index in [9.17, 15) is 0 Å². The van der Waals surface area contributed by atoms with E-state index in [-0.39, 0.29) is 6.10 Å². The normalized spacial score (nSPS) is 27.2. The van der Waals surface area contributed by atoms with Crippen LogP contribution in [0.2, 0.25) is 0 Å². The topological polar surface area (TPSA) is 43.3 Å². The van der Waals surface area contributed by atoms with Crippen molar-refractivity contribution in [3.05, 3.63) is 35.9 Å². The van der Waals surface area contributed by atoms with Gasteiger partial charge in [0, 0.05) is 39.3 Å². The van der Waals surface area contributed by atoms with Gasteiger partial charge < -0.3 is 19.9 Å². The van der Waals surface area contributed by atoms with E-state index >= 15 is 0 Å². The zero-order chi connectivity index (χ0) is 20.1. The van der Waals surface area contributed by atoms with E-state index in [1.807, 2.05) is 0 Å². The number of piperidine rings is 1. The maximum atomic E-state index is 6.16. The van der Waals surface area contributed by atoms with Crippen LogP contribution in [0.25, 0.3) is 0 Å². The predicted molar refractivity (Wildman–Crippen MR) is 118 cm³/mol. The van der Waals surface area contributed by atoms with Crippen LogP contribution < -0.4 is 5.32 Å². The molecule has 0 amide bonds. The molecule has 0 aliphatic carbocycles. The molecule has 160 valence electrons. The molecule has 3 heterocycles. The minimum Gasteiger partial charge on any atom is -0.373 e. The van der Waals surface area contributed by atoms with Gasteiger partial charge in [-0.15, -0.1) is 0 Å². The average Bonchev–Trinajstić information content (AvgIpc) is 3.18. The van der Waals surface area contributed by atoms with Crippen LogP contribution in [0.5, 0.6) is 0 Å². The molecule has 0 saturated carbocycles. The Labute approximate surface area is 175 Å². The summed E-state index contributed by atoms with van der Waals surface area (Å²) in [7, 11) is 2.22. The number of hydrogen-bond donors (Lipinski definition) is 1. The van der Waals surface area contributed by atoms with Crippen LogP contribution in [-0.2, 0) is 11.3 Å². The van der Waals surface area contributed by atoms with E-state index in [1.54, 1.807) is 0 Å². The van der Waals surface area contributed by atoms with Crippen LogP contribution >= 0.6 is 0 Å². The van der Waals surface area contributed by atoms with Crippen molar-refractivity contribution in [3.8, 4) is 0 Å². The van der Waals surface area contributed by atoms with Gasteiger partial charge in [-0.2, -0.15) is 0 Å². The van der Waals surface area contributed by atoms with Crippen molar-refractivity contribution in [2.45, 2.75) is 38.5 Å². The lowest BCUT2D eigenvalue weighted by atomic mass is 9.97. The number of aliphatic imine (C=N–C) groups is 1. The highest BCUT2D eigenvalue weighted by Gasteiger charge is 2.41. The second-order valence-corrected chi connectivity index (χ2v) is 8.78. The summed E-state index contributed by atoms with van der Waals surface area (Å²) in [5.74, 6) is 1.79. The maximum Gasteiger partial charge on any atom is 0.194 e. The molecular formula is C23H37N5O. The van der Waals surface area contributed by atoms with Crippen LogP contribution in [0.15, 0.2) is 35.3 Å². The number of nitrogens with one attached hydrogen (secondary N) is 1. The molecule has 1 aromatic rings. The smallest absolute Gasteiger partial charge is 0.194 e. The monoisotopic (exact) mass is 399 g/mol. The molecule has 1 aromatic carbocycles. The standard InChI is InChI=1S/C23H37N5O/c1-3-24-23(25-15-19-9-11-26(2)12-10-19)28-17-21-22(18-28)29-14-13-27(21)16-20-7-5-4-6-8-20/h4-8,19,21-22H,3,9-18H2,1-2H3,(H,24,25). The Balaban J connectivity index is 1.39. The minimum absolute atomic E-state index is 0.277. The van der Waals surface area contributed by atoms with Gasteiger partial charge in [0.2, 0.25) is 0 Å². The van der Waals surface area contributed by atoms with E-state index in [1.165, 1.54) is 31.5 Å². The first-order valence-corrected chi connectivity index (χ1v) is 11.3. The van der Waals surface area contributed by atoms with E-state index in [0.29, 0.717) is 6.04 Å². The maximum absolute atomic E-state index is 6.16. The third-order valence-electron chi connectivity index (χ3n) is 6.62. The second-order valence-electron chi connectivity index (χ2n) is 8.78. The summed E-state index contributed by atoms with van der Waals surface area (Å²) in [6, 6.07) is 11.2. The van der Waals surface area contributed by atoms with Gasteiger partial charge in [0.15, 0.2) is 5.96 Å². The summed E-state index contributed by atoms with van der Waals surface area (Å²) in [5, 5.41) is 3.54. The molecule has 3 aliphatic heterocycles. The number of nitrogens with zero attached hydrogens (tertiary/aromatic N) is 4. The zero-order valence-electron chi connectivity index (χ0n) is 18.1. The van der Waals surface area contributed by atoms with Crippen molar-refractivity contribution in [3.63, 3.8) is 0 Å². The fourth-order valence-electron chi connectivity index (χ4n) is 4.83. The molecule has 0 radical (unpaired) electrons. The number of benzene rings is 1. The van der Waals surface area contributed by atoms with Gasteiger partial charge in [-0.3, -0.25) is 9.89 Å². The lowest BCUT2D eigenvalue weighted by Gasteiger charge is -2.36. The lowest BCUT2D eigenvalue weighted by Crippen LogP contribution is -2.50. The molecule has 0 aromatic heterocycles. The van der Waals surface area contributed by atoms with Crippen molar-refractivity contribution >= 4 is 5.96 Å². The Morgan fingerprint density at radius 3 is 2.69 bits per heavy atom. The molecule has 6 heteroatoms. The van der Waals surface area contributed by atoms with Crippen LogP contribution in [0.1, 0.15) is 25.3 Å². The highest BCUT2D eigenvalue weighted by atomic mass is 16.5. The third-order valence-corrected chi connectivity index (χ3v) is 6.62. The Bertz CT molecular complexity index is 658. The summed E-state index contributed by atoms with van der Waals surface area (Å²) in [6.07, 6.45) is 2.80. The average molecular weight is 400 g/mol. The molecular weight excluding hydrogens is 362 g/mol. The number of morpholine rings is 1. The van der Waals surface area contributed by atoms with Gasteiger partial charge in [-0.05, 0) is 51.4 Å². The molecule has 1 N–H and O–H groups in total. The number of rotatable bonds is 5. The molecule has 2 atom stereocenters. The summed E-state index contributed by atoms with van der Waals surface area (Å²) >= 11 is 0. The number of hydrogen-bond acceptors (Lipinski definition) is 4. The molecule has 4 rings (SSSR count). The van der Waals surface area contributed by atoms with Crippen molar-refractivity contribution in [2.75, 3.05) is 59.5 Å². The van der Waals surface area contributed by atoms with Gasteiger partial charge in [0.1, 0.15) is 0 Å². The van der Waals surface area contributed by atoms with Gasteiger partial charge in [-0.25, -0.2) is 0 Å². The fraction of sp³-hybridized carbons (Fsp3) is 0.696. The van der Waals surface area contributed by atoms with Crippen LogP contribution in [0, 0.1) is 5.92 Å². The summed E-state index contributed by atoms with van der Waals surface area (Å²) in [5.41, 5.74) is 1.38. The van der Waals surface area contributed by atoms with E-state index in [0.717, 1.165) is 57.8 Å². The first kappa shape index (κ1) is 20.6. The van der Waals surface area contributed by atoms with Crippen LogP contribution in [0.4, 0.5) is 0 Å². The highest BCUT2D eigenvalue weighted by Crippen LogP contribution is 2.25. The summed E-state index contributed by atoms with van der Waals surface area (Å²) < 4.78 is 6.16. The number of ether oxygens (including phenoxy) is 1. The third kappa shape index (κ3) is 5.30. The summed E-state index contributed by atoms with van der Waals surface area (Å²) in [6.45, 7) is 11.2. The quantitative estimate of drug-likeness (QED) is 0.605. The lowest BCUT2D eigenvalue weighted by molar-refractivity contribution is -0.0502. The number of fused-ring (bicyclic) bond motifs is 1. The Kier molecular flexibility index (Phi) is 7.06. The Morgan fingerprint density at radius 1 is 1.14 bits per heavy atom. The van der Waals surface area contributed by atoms with Crippen molar-refractivity contribution < 1.29 is 4.74 Å². The van der Waals surface area contributed by atoms with Gasteiger partial charge in [0.05, 0.1) is 18.8 Å². The molecule has 3 fully saturated rings.